The quantitative estimate of drug-likeness (QED) is 0.0252. The number of rotatable bonds is 76. The molecule has 19 heteroatoms. The number of nitrogens with one attached hydrogen (secondary N) is 4. The molecule has 598 valence electrons. The summed E-state index contributed by atoms with van der Waals surface area (Å²) in [5.41, 5.74) is 0. The number of hydrogen-bond acceptors (Lipinski definition) is 15. The van der Waals surface area contributed by atoms with Crippen LogP contribution in [0.3, 0.4) is 0 Å². The summed E-state index contributed by atoms with van der Waals surface area (Å²) >= 11 is 0. The highest BCUT2D eigenvalue weighted by Gasteiger charge is 2.24. The van der Waals surface area contributed by atoms with Crippen molar-refractivity contribution in [3.63, 3.8) is 0 Å². The molecule has 0 aromatic rings. The lowest BCUT2D eigenvalue weighted by molar-refractivity contribution is -0.150. The highest BCUT2D eigenvalue weighted by molar-refractivity contribution is 5.78. The third-order valence-corrected chi connectivity index (χ3v) is 19.8. The molecule has 4 amide bonds. The number of unbranched alkanes of at least 4 members (excludes halogenated alkanes) is 20. The van der Waals surface area contributed by atoms with E-state index < -0.39 is 0 Å². The zero-order valence-corrected chi connectivity index (χ0v) is 67.4. The van der Waals surface area contributed by atoms with Crippen LogP contribution in [0, 0.1) is 23.7 Å². The number of carbonyl (C=O) groups excluding carboxylic acids is 8. The molecule has 0 radical (unpaired) electrons. The van der Waals surface area contributed by atoms with Gasteiger partial charge in [0.1, 0.15) is 0 Å². The third-order valence-electron chi connectivity index (χ3n) is 19.8. The summed E-state index contributed by atoms with van der Waals surface area (Å²) in [7, 11) is 2.10. The Morgan fingerprint density at radius 3 is 0.676 bits per heavy atom. The van der Waals surface area contributed by atoms with Gasteiger partial charge >= 0.3 is 23.9 Å². The fourth-order valence-corrected chi connectivity index (χ4v) is 12.9. The maximum atomic E-state index is 13.2. The molecule has 19 nitrogen and oxygen atoms in total. The Morgan fingerprint density at radius 2 is 0.461 bits per heavy atom. The Labute approximate surface area is 624 Å². The molecule has 0 bridgehead atoms. The van der Waals surface area contributed by atoms with Crippen LogP contribution in [0.4, 0.5) is 0 Å². The number of hydrogen-bond donors (Lipinski definition) is 4. The molecule has 0 saturated carbocycles. The van der Waals surface area contributed by atoms with E-state index in [1.54, 1.807) is 0 Å². The summed E-state index contributed by atoms with van der Waals surface area (Å²) < 4.78 is 22.9. The van der Waals surface area contributed by atoms with E-state index in [-0.39, 0.29) is 71.2 Å². The minimum absolute atomic E-state index is 0.0382. The van der Waals surface area contributed by atoms with E-state index in [0.29, 0.717) is 169 Å². The molecular weight excluding hydrogens is 1290 g/mol. The smallest absolute Gasteiger partial charge is 0.308 e. The lowest BCUT2D eigenvalue weighted by Gasteiger charge is -2.25. The van der Waals surface area contributed by atoms with Crippen LogP contribution >= 0.6 is 0 Å². The van der Waals surface area contributed by atoms with Crippen LogP contribution in [0.15, 0.2) is 0 Å². The molecule has 0 fully saturated rings. The maximum absolute atomic E-state index is 13.2. The van der Waals surface area contributed by atoms with E-state index in [2.05, 4.69) is 98.4 Å². The van der Waals surface area contributed by atoms with Crippen molar-refractivity contribution in [1.82, 2.24) is 36.0 Å². The summed E-state index contributed by atoms with van der Waals surface area (Å²) in [6.45, 7) is 25.7. The average molecular weight is 1450 g/mol. The topological polar surface area (TPSA) is 231 Å². The number of nitrogens with zero attached hydrogens (tertiary/aromatic N) is 3. The molecule has 0 saturated heterocycles. The lowest BCUT2D eigenvalue weighted by atomic mass is 9.95. The molecule has 0 aliphatic heterocycles. The van der Waals surface area contributed by atoms with Crippen LogP contribution in [0.5, 0.6) is 0 Å². The summed E-state index contributed by atoms with van der Waals surface area (Å²) in [6, 6.07) is 0. The predicted molar refractivity (Wildman–Crippen MR) is 418 cm³/mol. The first-order valence-electron chi connectivity index (χ1n) is 42.5. The fourth-order valence-electron chi connectivity index (χ4n) is 12.9. The van der Waals surface area contributed by atoms with Crippen molar-refractivity contribution < 1.29 is 57.3 Å². The molecule has 4 N–H and O–H groups in total. The summed E-state index contributed by atoms with van der Waals surface area (Å²) in [5.74, 6) is -0.722. The van der Waals surface area contributed by atoms with E-state index in [9.17, 15) is 38.4 Å². The highest BCUT2D eigenvalue weighted by Crippen LogP contribution is 2.23. The first kappa shape index (κ1) is 97.6. The van der Waals surface area contributed by atoms with Gasteiger partial charge in [-0.1, -0.05) is 209 Å². The van der Waals surface area contributed by atoms with Gasteiger partial charge in [-0.3, -0.25) is 38.4 Å². The molecule has 0 aromatic heterocycles. The molecule has 0 spiro atoms. The maximum Gasteiger partial charge on any atom is 0.308 e. The van der Waals surface area contributed by atoms with Crippen LogP contribution in [-0.2, 0) is 57.3 Å². The predicted octanol–water partition coefficient (Wildman–Crippen LogP) is 16.7. The first-order valence-corrected chi connectivity index (χ1v) is 42.5. The third kappa shape index (κ3) is 59.8. The number of ether oxygens (including phenoxy) is 4. The molecule has 0 aromatic carbocycles. The Bertz CT molecular complexity index is 1770. The van der Waals surface area contributed by atoms with Gasteiger partial charge in [0.2, 0.25) is 23.6 Å². The Kier molecular flexibility index (Phi) is 69.1. The largest absolute Gasteiger partial charge is 0.465 e. The molecule has 0 heterocycles. The van der Waals surface area contributed by atoms with Crippen LogP contribution in [0.25, 0.3) is 0 Å². The average Bonchev–Trinajstić information content (AvgIpc) is 1.18. The number of esters is 4. The molecule has 4 unspecified atom stereocenters. The van der Waals surface area contributed by atoms with Crippen molar-refractivity contribution in [2.24, 2.45) is 23.7 Å². The minimum atomic E-state index is -0.0882. The van der Waals surface area contributed by atoms with Gasteiger partial charge in [-0.15, -0.1) is 0 Å². The van der Waals surface area contributed by atoms with Crippen LogP contribution in [0.1, 0.15) is 351 Å². The van der Waals surface area contributed by atoms with Crippen molar-refractivity contribution in [3.05, 3.63) is 0 Å². The molecule has 0 aliphatic carbocycles. The zero-order chi connectivity index (χ0) is 75.2. The molecule has 0 rings (SSSR count). The van der Waals surface area contributed by atoms with Crippen LogP contribution in [-0.4, -0.2) is 174 Å². The molecular formula is C83H159N7O12. The summed E-state index contributed by atoms with van der Waals surface area (Å²) in [6.07, 6.45) is 41.8. The van der Waals surface area contributed by atoms with E-state index in [1.165, 1.54) is 25.7 Å². The first-order chi connectivity index (χ1) is 49.6. The number of amides is 4. The number of carbonyl (C=O) groups is 8. The van der Waals surface area contributed by atoms with Gasteiger partial charge in [0, 0.05) is 78.0 Å². The van der Waals surface area contributed by atoms with Gasteiger partial charge < -0.3 is 54.9 Å². The van der Waals surface area contributed by atoms with E-state index in [4.69, 9.17) is 18.9 Å². The van der Waals surface area contributed by atoms with Crippen molar-refractivity contribution >= 4 is 47.5 Å². The van der Waals surface area contributed by atoms with Gasteiger partial charge in [0.15, 0.2) is 0 Å². The zero-order valence-electron chi connectivity index (χ0n) is 67.4. The normalized spacial score (nSPS) is 12.7. The van der Waals surface area contributed by atoms with Crippen molar-refractivity contribution in [2.45, 2.75) is 351 Å². The monoisotopic (exact) mass is 1450 g/mol. The highest BCUT2D eigenvalue weighted by atomic mass is 16.5. The van der Waals surface area contributed by atoms with Crippen LogP contribution in [0.2, 0.25) is 0 Å². The standard InChI is InChI=1S/C83H159N7O12/c1-10-18-26-30-48-72(44-22-14-5)80(95)99-68-38-34-56-84-76(91)52-64-89(65-53-77(92)85-57-35-39-69-100-81(96)73(45-23-15-6)49-31-27-19-11-2)62-42-60-88(9)61-43-63-90(66-54-78(93)86-58-36-40-70-101-82(97)74(46-24-16-7)50-32-28-20-12-3)67-55-79(94)87-59-37-41-71-102-83(98)75(47-25-17-8)51-33-29-21-13-4/h72-75H,10-71H2,1-9H3,(H,84,91)(H,85,92)(H,86,93)(H,87,94). The minimum Gasteiger partial charge on any atom is -0.465 e. The van der Waals surface area contributed by atoms with Gasteiger partial charge in [-0.05, 0) is 149 Å². The second-order valence-electron chi connectivity index (χ2n) is 29.3. The van der Waals surface area contributed by atoms with Crippen molar-refractivity contribution in [2.75, 3.05) is 112 Å². The lowest BCUT2D eigenvalue weighted by Crippen LogP contribution is -2.37. The summed E-state index contributed by atoms with van der Waals surface area (Å²) in [5, 5.41) is 12.2. The second-order valence-corrected chi connectivity index (χ2v) is 29.3. The molecule has 0 aliphatic rings. The van der Waals surface area contributed by atoms with Gasteiger partial charge in [-0.2, -0.15) is 0 Å². The van der Waals surface area contributed by atoms with Gasteiger partial charge in [0.05, 0.1) is 50.1 Å². The molecule has 4 atom stereocenters. The Hall–Kier alpha value is -4.36. The SMILES string of the molecule is CCCCCCC(CCCC)C(=O)OCCCCNC(=O)CCN(CCCN(C)CCCN(CCC(=O)NCCCCOC(=O)C(CCCC)CCCCCC)CCC(=O)NCCCCOC(=O)C(CCCC)CCCCCC)CCC(=O)NCCCCOC(=O)C(CCCC)CCCCCC. The van der Waals surface area contributed by atoms with Crippen molar-refractivity contribution in [1.29, 1.82) is 0 Å². The van der Waals surface area contributed by atoms with E-state index in [1.807, 2.05) is 0 Å². The second kappa shape index (κ2) is 72.2. The van der Waals surface area contributed by atoms with E-state index >= 15 is 0 Å². The van der Waals surface area contributed by atoms with Gasteiger partial charge in [0.25, 0.3) is 0 Å². The van der Waals surface area contributed by atoms with Crippen LogP contribution < -0.4 is 21.3 Å². The Balaban J connectivity index is 5.72. The molecule has 102 heavy (non-hydrogen) atoms. The van der Waals surface area contributed by atoms with Gasteiger partial charge in [-0.25, -0.2) is 0 Å². The fraction of sp³-hybridized carbons (Fsp3) is 0.904. The summed E-state index contributed by atoms with van der Waals surface area (Å²) in [4.78, 5) is 112. The van der Waals surface area contributed by atoms with E-state index in [0.717, 1.165) is 206 Å². The Morgan fingerprint density at radius 1 is 0.245 bits per heavy atom. The van der Waals surface area contributed by atoms with Crippen molar-refractivity contribution in [3.8, 4) is 0 Å².